The highest BCUT2D eigenvalue weighted by Gasteiger charge is 2.32. The molecule has 10 nitrogen and oxygen atoms in total. The van der Waals surface area contributed by atoms with Crippen molar-refractivity contribution in [2.24, 2.45) is 0 Å². The maximum absolute atomic E-state index is 12.4. The van der Waals surface area contributed by atoms with Gasteiger partial charge >= 0.3 is 0 Å². The first-order valence-corrected chi connectivity index (χ1v) is 11.4. The molecule has 4 heterocycles. The lowest BCUT2D eigenvalue weighted by Gasteiger charge is -2.35. The fourth-order valence-electron chi connectivity index (χ4n) is 3.81. The number of amides is 1. The van der Waals surface area contributed by atoms with Crippen molar-refractivity contribution in [1.82, 2.24) is 19.7 Å². The van der Waals surface area contributed by atoms with E-state index < -0.39 is 6.23 Å². The summed E-state index contributed by atoms with van der Waals surface area (Å²) >= 11 is 0. The Kier molecular flexibility index (Phi) is 6.97. The molecule has 34 heavy (non-hydrogen) atoms. The molecule has 1 aliphatic rings. The first-order valence-electron chi connectivity index (χ1n) is 11.4. The van der Waals surface area contributed by atoms with Gasteiger partial charge in [0.25, 0.3) is 5.91 Å². The van der Waals surface area contributed by atoms with E-state index in [1.54, 1.807) is 0 Å². The fourth-order valence-corrected chi connectivity index (χ4v) is 3.81. The first kappa shape index (κ1) is 23.5. The molecule has 0 aliphatic carbocycles. The van der Waals surface area contributed by atoms with Crippen LogP contribution in [0.5, 0.6) is 5.88 Å². The van der Waals surface area contributed by atoms with Gasteiger partial charge in [0.05, 0.1) is 41.6 Å². The van der Waals surface area contributed by atoms with E-state index in [1.165, 1.54) is 0 Å². The van der Waals surface area contributed by atoms with E-state index in [4.69, 9.17) is 9.47 Å². The van der Waals surface area contributed by atoms with Crippen molar-refractivity contribution < 1.29 is 14.3 Å². The van der Waals surface area contributed by atoms with Crippen LogP contribution in [0.25, 0.3) is 0 Å². The van der Waals surface area contributed by atoms with Gasteiger partial charge < -0.3 is 25.0 Å². The van der Waals surface area contributed by atoms with Gasteiger partial charge in [0.15, 0.2) is 0 Å². The molecule has 3 aromatic heterocycles. The molecule has 4 rings (SSSR count). The number of nitrogens with one attached hydrogen (secondary N) is 2. The van der Waals surface area contributed by atoms with Gasteiger partial charge in [-0.15, -0.1) is 0 Å². The summed E-state index contributed by atoms with van der Waals surface area (Å²) < 4.78 is 13.1. The molecule has 1 amide bonds. The minimum Gasteiger partial charge on any atom is -0.475 e. The molecule has 0 fully saturated rings. The standard InChI is InChI=1S/C24H31N7O3/c1-6-33-24-23(32)29-22-16(4)27-20(10-19(22)30(24)5)25-11-17-12-26-31(13-17)14-18-8-7-9-21(28-18)34-15(2)3/h7-10,12-13,15,24H,6,11,14H2,1-5H3,(H,25,27)(H,29,32). The molecule has 0 saturated heterocycles. The summed E-state index contributed by atoms with van der Waals surface area (Å²) in [7, 11) is 1.85. The molecule has 0 spiro atoms. The largest absolute Gasteiger partial charge is 0.475 e. The van der Waals surface area contributed by atoms with E-state index >= 15 is 0 Å². The zero-order valence-electron chi connectivity index (χ0n) is 20.2. The normalized spacial score (nSPS) is 15.3. The van der Waals surface area contributed by atoms with E-state index in [9.17, 15) is 4.79 Å². The van der Waals surface area contributed by atoms with Crippen LogP contribution in [0.2, 0.25) is 0 Å². The Hall–Kier alpha value is -3.66. The fraction of sp³-hybridized carbons (Fsp3) is 0.417. The van der Waals surface area contributed by atoms with Gasteiger partial charge in [-0.1, -0.05) is 6.07 Å². The Morgan fingerprint density at radius 2 is 2.09 bits per heavy atom. The number of likely N-dealkylation sites (N-methyl/N-ethyl adjacent to an activating group) is 1. The second kappa shape index (κ2) is 10.1. The first-order chi connectivity index (χ1) is 16.3. The second-order valence-corrected chi connectivity index (χ2v) is 8.43. The van der Waals surface area contributed by atoms with Gasteiger partial charge in [0.1, 0.15) is 5.82 Å². The number of carbonyl (C=O) groups excluding carboxylic acids is 1. The zero-order valence-corrected chi connectivity index (χ0v) is 20.2. The number of aryl methyl sites for hydroxylation is 1. The van der Waals surface area contributed by atoms with Crippen molar-refractivity contribution in [3.63, 3.8) is 0 Å². The van der Waals surface area contributed by atoms with Gasteiger partial charge in [-0.25, -0.2) is 9.97 Å². The van der Waals surface area contributed by atoms with Crippen molar-refractivity contribution in [3.8, 4) is 5.88 Å². The van der Waals surface area contributed by atoms with E-state index in [0.29, 0.717) is 37.1 Å². The summed E-state index contributed by atoms with van der Waals surface area (Å²) in [5.41, 5.74) is 4.19. The van der Waals surface area contributed by atoms with Crippen molar-refractivity contribution in [1.29, 1.82) is 0 Å². The van der Waals surface area contributed by atoms with Gasteiger partial charge in [0.2, 0.25) is 12.1 Å². The number of rotatable bonds is 9. The molecule has 1 atom stereocenters. The predicted octanol–water partition coefficient (Wildman–Crippen LogP) is 3.18. The predicted molar refractivity (Wildman–Crippen MR) is 130 cm³/mol. The summed E-state index contributed by atoms with van der Waals surface area (Å²) in [5, 5.41) is 10.7. The minimum absolute atomic E-state index is 0.0760. The van der Waals surface area contributed by atoms with Crippen LogP contribution in [0.15, 0.2) is 36.7 Å². The molecule has 3 aromatic rings. The number of carbonyl (C=O) groups is 1. The highest BCUT2D eigenvalue weighted by molar-refractivity contribution is 6.03. The number of nitrogens with zero attached hydrogens (tertiary/aromatic N) is 5. The Labute approximate surface area is 199 Å². The van der Waals surface area contributed by atoms with Crippen LogP contribution in [0.1, 0.15) is 37.7 Å². The monoisotopic (exact) mass is 465 g/mol. The molecular weight excluding hydrogens is 434 g/mol. The summed E-state index contributed by atoms with van der Waals surface area (Å²) in [4.78, 5) is 23.3. The quantitative estimate of drug-likeness (QED) is 0.496. The lowest BCUT2D eigenvalue weighted by Crippen LogP contribution is -2.48. The average molecular weight is 466 g/mol. The summed E-state index contributed by atoms with van der Waals surface area (Å²) in [5.74, 6) is 1.14. The van der Waals surface area contributed by atoms with E-state index in [2.05, 4.69) is 25.7 Å². The Morgan fingerprint density at radius 3 is 2.85 bits per heavy atom. The third-order valence-electron chi connectivity index (χ3n) is 5.33. The lowest BCUT2D eigenvalue weighted by atomic mass is 10.1. The number of hydrogen-bond acceptors (Lipinski definition) is 8. The van der Waals surface area contributed by atoms with Crippen molar-refractivity contribution >= 4 is 23.1 Å². The number of aromatic nitrogens is 4. The van der Waals surface area contributed by atoms with Crippen LogP contribution in [0.4, 0.5) is 17.2 Å². The van der Waals surface area contributed by atoms with E-state index in [0.717, 1.165) is 22.6 Å². The highest BCUT2D eigenvalue weighted by Crippen LogP contribution is 2.35. The van der Waals surface area contributed by atoms with Crippen LogP contribution in [0.3, 0.4) is 0 Å². The maximum atomic E-state index is 12.4. The minimum atomic E-state index is -0.663. The molecule has 2 N–H and O–H groups in total. The maximum Gasteiger partial charge on any atom is 0.274 e. The van der Waals surface area contributed by atoms with Crippen LogP contribution < -0.4 is 20.3 Å². The molecular formula is C24H31N7O3. The van der Waals surface area contributed by atoms with Gasteiger partial charge in [0, 0.05) is 44.1 Å². The third-order valence-corrected chi connectivity index (χ3v) is 5.33. The number of ether oxygens (including phenoxy) is 2. The Balaban J connectivity index is 1.42. The Morgan fingerprint density at radius 1 is 1.26 bits per heavy atom. The SMILES string of the molecule is CCOC1C(=O)Nc2c(cc(NCc3cnn(Cc4cccc(OC(C)C)n4)c3)nc2C)N1C. The van der Waals surface area contributed by atoms with Gasteiger partial charge in [-0.2, -0.15) is 5.10 Å². The van der Waals surface area contributed by atoms with E-state index in [1.807, 2.05) is 81.0 Å². The third kappa shape index (κ3) is 5.28. The van der Waals surface area contributed by atoms with Gasteiger partial charge in [-0.3, -0.25) is 9.48 Å². The summed E-state index contributed by atoms with van der Waals surface area (Å²) in [6, 6.07) is 7.67. The highest BCUT2D eigenvalue weighted by atomic mass is 16.5. The number of pyridine rings is 2. The van der Waals surface area contributed by atoms with Crippen molar-refractivity contribution in [2.45, 2.75) is 53.1 Å². The topological polar surface area (TPSA) is 106 Å². The van der Waals surface area contributed by atoms with Crippen molar-refractivity contribution in [3.05, 3.63) is 53.6 Å². The smallest absolute Gasteiger partial charge is 0.274 e. The van der Waals surface area contributed by atoms with Crippen LogP contribution >= 0.6 is 0 Å². The molecule has 1 unspecified atom stereocenters. The van der Waals surface area contributed by atoms with Crippen LogP contribution in [0, 0.1) is 6.92 Å². The number of hydrogen-bond donors (Lipinski definition) is 2. The number of anilines is 3. The molecule has 0 saturated carbocycles. The van der Waals surface area contributed by atoms with Gasteiger partial charge in [-0.05, 0) is 33.8 Å². The summed E-state index contributed by atoms with van der Waals surface area (Å²) in [6.45, 7) is 9.25. The molecule has 0 aromatic carbocycles. The Bertz CT molecular complexity index is 1160. The molecule has 10 heteroatoms. The average Bonchev–Trinajstić information content (AvgIpc) is 3.23. The summed E-state index contributed by atoms with van der Waals surface area (Å²) in [6.07, 6.45) is 3.22. The van der Waals surface area contributed by atoms with Crippen LogP contribution in [-0.2, 0) is 22.6 Å². The lowest BCUT2D eigenvalue weighted by molar-refractivity contribution is -0.127. The van der Waals surface area contributed by atoms with Crippen LogP contribution in [-0.4, -0.2) is 51.6 Å². The van der Waals surface area contributed by atoms with E-state index in [-0.39, 0.29) is 12.0 Å². The molecule has 0 bridgehead atoms. The number of fused-ring (bicyclic) bond motifs is 1. The van der Waals surface area contributed by atoms with Crippen molar-refractivity contribution in [2.75, 3.05) is 29.2 Å². The molecule has 1 aliphatic heterocycles. The second-order valence-electron chi connectivity index (χ2n) is 8.43. The molecule has 180 valence electrons. The zero-order chi connectivity index (χ0) is 24.2. The molecule has 0 radical (unpaired) electrons.